The monoisotopic (exact) mass is 271 g/mol. The van der Waals surface area contributed by atoms with Gasteiger partial charge in [-0.1, -0.05) is 0 Å². The third kappa shape index (κ3) is 3.62. The van der Waals surface area contributed by atoms with Crippen molar-refractivity contribution in [3.8, 4) is 0 Å². The zero-order valence-electron chi connectivity index (χ0n) is 10.2. The number of nitrogens with one attached hydrogen (secondary N) is 3. The highest BCUT2D eigenvalue weighted by molar-refractivity contribution is 5.89. The van der Waals surface area contributed by atoms with Crippen LogP contribution >= 0.6 is 0 Å². The summed E-state index contributed by atoms with van der Waals surface area (Å²) in [5.74, 6) is -2.01. The van der Waals surface area contributed by atoms with Gasteiger partial charge in [0.25, 0.3) is 0 Å². The number of anilines is 1. The molecule has 2 rings (SSSR count). The lowest BCUT2D eigenvalue weighted by Crippen LogP contribution is -2.45. The van der Waals surface area contributed by atoms with Gasteiger partial charge in [0.1, 0.15) is 0 Å². The number of hydrogen-bond acceptors (Lipinski definition) is 3. The Labute approximate surface area is 109 Å². The van der Waals surface area contributed by atoms with Crippen LogP contribution in [0, 0.1) is 11.6 Å². The van der Waals surface area contributed by atoms with E-state index in [4.69, 9.17) is 0 Å². The molecule has 1 atom stereocenters. The Morgan fingerprint density at radius 1 is 1.42 bits per heavy atom. The summed E-state index contributed by atoms with van der Waals surface area (Å²) in [6, 6.07) is 2.50. The molecule has 2 amide bonds. The van der Waals surface area contributed by atoms with Crippen LogP contribution in [0.2, 0.25) is 0 Å². The fourth-order valence-corrected chi connectivity index (χ4v) is 1.88. The number of hydrogen-bond donors (Lipinski definition) is 4. The van der Waals surface area contributed by atoms with Gasteiger partial charge >= 0.3 is 6.03 Å². The molecular formula is C12H15F2N3O2. The van der Waals surface area contributed by atoms with Crippen LogP contribution < -0.4 is 16.0 Å². The predicted molar refractivity (Wildman–Crippen MR) is 65.8 cm³/mol. The molecule has 1 aliphatic heterocycles. The lowest BCUT2D eigenvalue weighted by Gasteiger charge is -2.21. The molecule has 1 fully saturated rings. The number of urea groups is 1. The Bertz CT molecular complexity index is 476. The third-order valence-electron chi connectivity index (χ3n) is 2.98. The molecule has 1 unspecified atom stereocenters. The van der Waals surface area contributed by atoms with Gasteiger partial charge in [-0.3, -0.25) is 0 Å². The second kappa shape index (κ2) is 5.50. The first kappa shape index (κ1) is 13.7. The van der Waals surface area contributed by atoms with Crippen LogP contribution in [0.4, 0.5) is 19.3 Å². The van der Waals surface area contributed by atoms with E-state index in [1.54, 1.807) is 0 Å². The van der Waals surface area contributed by atoms with Crippen molar-refractivity contribution in [1.29, 1.82) is 0 Å². The Hall–Kier alpha value is -1.73. The van der Waals surface area contributed by atoms with Crippen LogP contribution in [0.3, 0.4) is 0 Å². The van der Waals surface area contributed by atoms with E-state index in [0.717, 1.165) is 12.1 Å². The highest BCUT2D eigenvalue weighted by atomic mass is 19.2. The maximum atomic E-state index is 12.9. The SMILES string of the molecule is O=C(NCC1(O)CCNC1)Nc1ccc(F)c(F)c1. The van der Waals surface area contributed by atoms with Crippen LogP contribution in [0.25, 0.3) is 0 Å². The maximum absolute atomic E-state index is 12.9. The number of benzene rings is 1. The lowest BCUT2D eigenvalue weighted by molar-refractivity contribution is 0.0640. The molecule has 0 spiro atoms. The molecule has 1 aliphatic rings. The van der Waals surface area contributed by atoms with Crippen molar-refractivity contribution in [2.45, 2.75) is 12.0 Å². The second-order valence-corrected chi connectivity index (χ2v) is 4.59. The first-order chi connectivity index (χ1) is 8.98. The Morgan fingerprint density at radius 3 is 2.84 bits per heavy atom. The molecule has 0 radical (unpaired) electrons. The third-order valence-corrected chi connectivity index (χ3v) is 2.98. The first-order valence-electron chi connectivity index (χ1n) is 5.92. The number of carbonyl (C=O) groups excluding carboxylic acids is 1. The summed E-state index contributed by atoms with van der Waals surface area (Å²) in [6.07, 6.45) is 0.554. The Morgan fingerprint density at radius 2 is 2.21 bits per heavy atom. The van der Waals surface area contributed by atoms with Gasteiger partial charge in [0.15, 0.2) is 11.6 Å². The van der Waals surface area contributed by atoms with E-state index in [1.165, 1.54) is 6.07 Å². The highest BCUT2D eigenvalue weighted by Crippen LogP contribution is 2.14. The van der Waals surface area contributed by atoms with Crippen molar-refractivity contribution in [2.75, 3.05) is 25.0 Å². The van der Waals surface area contributed by atoms with E-state index in [2.05, 4.69) is 16.0 Å². The first-order valence-corrected chi connectivity index (χ1v) is 5.92. The normalized spacial score (nSPS) is 22.3. The zero-order valence-corrected chi connectivity index (χ0v) is 10.2. The summed E-state index contributed by atoms with van der Waals surface area (Å²) < 4.78 is 25.6. The van der Waals surface area contributed by atoms with Crippen molar-refractivity contribution in [1.82, 2.24) is 10.6 Å². The minimum absolute atomic E-state index is 0.0928. The van der Waals surface area contributed by atoms with Gasteiger partial charge in [0.05, 0.1) is 5.60 Å². The van der Waals surface area contributed by atoms with Crippen molar-refractivity contribution in [2.24, 2.45) is 0 Å². The van der Waals surface area contributed by atoms with E-state index in [1.807, 2.05) is 0 Å². The van der Waals surface area contributed by atoms with Crippen molar-refractivity contribution >= 4 is 11.7 Å². The average Bonchev–Trinajstić information content (AvgIpc) is 2.79. The van der Waals surface area contributed by atoms with Gasteiger partial charge < -0.3 is 21.1 Å². The lowest BCUT2D eigenvalue weighted by atomic mass is 10.0. The van der Waals surface area contributed by atoms with Crippen LogP contribution in [0.15, 0.2) is 18.2 Å². The molecule has 0 aromatic heterocycles. The molecule has 0 aliphatic carbocycles. The van der Waals surface area contributed by atoms with Gasteiger partial charge in [-0.05, 0) is 25.1 Å². The molecule has 7 heteroatoms. The zero-order chi connectivity index (χ0) is 13.9. The summed E-state index contributed by atoms with van der Waals surface area (Å²) in [7, 11) is 0. The number of carbonyl (C=O) groups is 1. The number of rotatable bonds is 3. The van der Waals surface area contributed by atoms with Crippen LogP contribution in [-0.4, -0.2) is 36.4 Å². The standard InChI is InChI=1S/C12H15F2N3O2/c13-9-2-1-8(5-10(9)14)17-11(18)16-7-12(19)3-4-15-6-12/h1-2,5,15,19H,3-4,6-7H2,(H2,16,17,18). The molecule has 1 aromatic rings. The fraction of sp³-hybridized carbons (Fsp3) is 0.417. The molecule has 104 valence electrons. The quantitative estimate of drug-likeness (QED) is 0.657. The van der Waals surface area contributed by atoms with Crippen molar-refractivity contribution in [3.05, 3.63) is 29.8 Å². The van der Waals surface area contributed by atoms with E-state index in [-0.39, 0.29) is 12.2 Å². The minimum Gasteiger partial charge on any atom is -0.387 e. The topological polar surface area (TPSA) is 73.4 Å². The average molecular weight is 271 g/mol. The molecule has 1 aromatic carbocycles. The van der Waals surface area contributed by atoms with Crippen LogP contribution in [-0.2, 0) is 0 Å². The van der Waals surface area contributed by atoms with Crippen LogP contribution in [0.1, 0.15) is 6.42 Å². The number of amides is 2. The smallest absolute Gasteiger partial charge is 0.319 e. The van der Waals surface area contributed by atoms with E-state index < -0.39 is 23.3 Å². The van der Waals surface area contributed by atoms with E-state index in [0.29, 0.717) is 19.5 Å². The van der Waals surface area contributed by atoms with Gasteiger partial charge in [0, 0.05) is 24.8 Å². The minimum atomic E-state index is -1.03. The largest absolute Gasteiger partial charge is 0.387 e. The highest BCUT2D eigenvalue weighted by Gasteiger charge is 2.31. The summed E-state index contributed by atoms with van der Waals surface area (Å²) in [4.78, 5) is 11.5. The molecule has 1 saturated heterocycles. The number of halogens is 2. The number of aliphatic hydroxyl groups is 1. The molecule has 1 heterocycles. The molecule has 0 bridgehead atoms. The summed E-state index contributed by atoms with van der Waals surface area (Å²) in [6.45, 7) is 1.21. The Kier molecular flexibility index (Phi) is 3.96. The van der Waals surface area contributed by atoms with Crippen LogP contribution in [0.5, 0.6) is 0 Å². The summed E-state index contributed by atoms with van der Waals surface area (Å²) >= 11 is 0. The molecule has 19 heavy (non-hydrogen) atoms. The maximum Gasteiger partial charge on any atom is 0.319 e. The van der Waals surface area contributed by atoms with E-state index >= 15 is 0 Å². The Balaban J connectivity index is 1.85. The summed E-state index contributed by atoms with van der Waals surface area (Å²) in [5, 5.41) is 17.8. The molecule has 5 nitrogen and oxygen atoms in total. The molecular weight excluding hydrogens is 256 g/mol. The van der Waals surface area contributed by atoms with Crippen molar-refractivity contribution < 1.29 is 18.7 Å². The number of β-amino-alcohol motifs (C(OH)–C–C–N with tert-alkyl or cyclic N) is 1. The van der Waals surface area contributed by atoms with Gasteiger partial charge in [-0.25, -0.2) is 13.6 Å². The van der Waals surface area contributed by atoms with Gasteiger partial charge in [-0.15, -0.1) is 0 Å². The van der Waals surface area contributed by atoms with Gasteiger partial charge in [0.2, 0.25) is 0 Å². The molecule has 0 saturated carbocycles. The van der Waals surface area contributed by atoms with Gasteiger partial charge in [-0.2, -0.15) is 0 Å². The van der Waals surface area contributed by atoms with Crippen molar-refractivity contribution in [3.63, 3.8) is 0 Å². The summed E-state index contributed by atoms with van der Waals surface area (Å²) in [5.41, 5.74) is -0.807. The predicted octanol–water partition coefficient (Wildman–Crippen LogP) is 0.811. The van der Waals surface area contributed by atoms with E-state index in [9.17, 15) is 18.7 Å². The fourth-order valence-electron chi connectivity index (χ4n) is 1.88. The molecule has 4 N–H and O–H groups in total. The second-order valence-electron chi connectivity index (χ2n) is 4.59.